The summed E-state index contributed by atoms with van der Waals surface area (Å²) in [4.78, 5) is 4.42. The van der Waals surface area contributed by atoms with Crippen molar-refractivity contribution >= 4 is 37.5 Å². The summed E-state index contributed by atoms with van der Waals surface area (Å²) in [6.07, 6.45) is 0. The standard InChI is InChI=1S/C11H12BrNS/c1-11(2,3)7-4-5-9-8(6-7)13-10(12)14-9/h4-6H,1-3H3. The van der Waals surface area contributed by atoms with E-state index in [1.54, 1.807) is 11.3 Å². The number of rotatable bonds is 0. The highest BCUT2D eigenvalue weighted by molar-refractivity contribution is 9.11. The van der Waals surface area contributed by atoms with Crippen LogP contribution in [0.4, 0.5) is 0 Å². The van der Waals surface area contributed by atoms with Crippen molar-refractivity contribution in [1.82, 2.24) is 4.98 Å². The van der Waals surface area contributed by atoms with E-state index in [0.717, 1.165) is 9.43 Å². The van der Waals surface area contributed by atoms with E-state index in [-0.39, 0.29) is 5.41 Å². The zero-order chi connectivity index (χ0) is 10.3. The molecule has 0 saturated heterocycles. The molecule has 14 heavy (non-hydrogen) atoms. The fourth-order valence-corrected chi connectivity index (χ4v) is 2.75. The van der Waals surface area contributed by atoms with Crippen molar-refractivity contribution in [3.8, 4) is 0 Å². The van der Waals surface area contributed by atoms with Crippen LogP contribution < -0.4 is 0 Å². The van der Waals surface area contributed by atoms with Crippen molar-refractivity contribution in [2.45, 2.75) is 26.2 Å². The molecule has 0 saturated carbocycles. The first-order chi connectivity index (χ1) is 6.47. The zero-order valence-corrected chi connectivity index (χ0v) is 10.9. The Morgan fingerprint density at radius 1 is 1.29 bits per heavy atom. The summed E-state index contributed by atoms with van der Waals surface area (Å²) in [6, 6.07) is 6.52. The highest BCUT2D eigenvalue weighted by atomic mass is 79.9. The van der Waals surface area contributed by atoms with E-state index in [0.29, 0.717) is 0 Å². The van der Waals surface area contributed by atoms with Crippen LogP contribution in [0.3, 0.4) is 0 Å². The van der Waals surface area contributed by atoms with Gasteiger partial charge in [0.15, 0.2) is 3.92 Å². The molecule has 0 aliphatic rings. The first kappa shape index (κ1) is 10.1. The van der Waals surface area contributed by atoms with E-state index in [1.807, 2.05) is 0 Å². The molecule has 0 radical (unpaired) electrons. The van der Waals surface area contributed by atoms with E-state index >= 15 is 0 Å². The number of nitrogens with zero attached hydrogens (tertiary/aromatic N) is 1. The van der Waals surface area contributed by atoms with Crippen molar-refractivity contribution < 1.29 is 0 Å². The van der Waals surface area contributed by atoms with Gasteiger partial charge in [-0.15, -0.1) is 11.3 Å². The van der Waals surface area contributed by atoms with E-state index in [9.17, 15) is 0 Å². The molecule has 0 amide bonds. The van der Waals surface area contributed by atoms with Gasteiger partial charge in [-0.2, -0.15) is 0 Å². The second-order valence-electron chi connectivity index (χ2n) is 4.40. The molecule has 0 bridgehead atoms. The van der Waals surface area contributed by atoms with Crippen LogP contribution >= 0.6 is 27.3 Å². The SMILES string of the molecule is CC(C)(C)c1ccc2sc(Br)nc2c1. The summed E-state index contributed by atoms with van der Waals surface area (Å²) >= 11 is 5.08. The van der Waals surface area contributed by atoms with Crippen molar-refractivity contribution in [2.75, 3.05) is 0 Å². The Kier molecular flexibility index (Phi) is 2.40. The van der Waals surface area contributed by atoms with E-state index in [4.69, 9.17) is 0 Å². The molecule has 2 aromatic rings. The van der Waals surface area contributed by atoms with Crippen LogP contribution in [-0.2, 0) is 5.41 Å². The second kappa shape index (κ2) is 3.31. The second-order valence-corrected chi connectivity index (χ2v) is 6.71. The number of hydrogen-bond donors (Lipinski definition) is 0. The molecule has 1 heterocycles. The lowest BCUT2D eigenvalue weighted by Gasteiger charge is -2.18. The quantitative estimate of drug-likeness (QED) is 0.693. The Labute approximate surface area is 96.3 Å². The lowest BCUT2D eigenvalue weighted by Crippen LogP contribution is -2.10. The van der Waals surface area contributed by atoms with Crippen LogP contribution in [-0.4, -0.2) is 4.98 Å². The molecule has 0 unspecified atom stereocenters. The van der Waals surface area contributed by atoms with Gasteiger partial charge in [-0.3, -0.25) is 0 Å². The van der Waals surface area contributed by atoms with Gasteiger partial charge in [-0.1, -0.05) is 26.8 Å². The summed E-state index contributed by atoms with van der Waals surface area (Å²) in [5, 5.41) is 0. The average Bonchev–Trinajstić information content (AvgIpc) is 2.41. The molecule has 1 aromatic carbocycles. The molecule has 0 aliphatic heterocycles. The molecule has 1 nitrogen and oxygen atoms in total. The number of benzene rings is 1. The molecule has 0 aliphatic carbocycles. The van der Waals surface area contributed by atoms with E-state index in [1.165, 1.54) is 10.3 Å². The smallest absolute Gasteiger partial charge is 0.160 e. The fourth-order valence-electron chi connectivity index (χ4n) is 1.37. The Hall–Kier alpha value is -0.410. The predicted octanol–water partition coefficient (Wildman–Crippen LogP) is 4.36. The molecular formula is C11H12BrNS. The normalized spacial score (nSPS) is 12.3. The third kappa shape index (κ3) is 1.84. The number of aromatic nitrogens is 1. The molecule has 74 valence electrons. The molecular weight excluding hydrogens is 258 g/mol. The van der Waals surface area contributed by atoms with Crippen LogP contribution in [0, 0.1) is 0 Å². The largest absolute Gasteiger partial charge is 0.229 e. The third-order valence-electron chi connectivity index (χ3n) is 2.23. The van der Waals surface area contributed by atoms with Gasteiger partial charge in [0.25, 0.3) is 0 Å². The molecule has 1 aromatic heterocycles. The summed E-state index contributed by atoms with van der Waals surface area (Å²) in [7, 11) is 0. The maximum absolute atomic E-state index is 4.42. The van der Waals surface area contributed by atoms with Gasteiger partial charge < -0.3 is 0 Å². The van der Waals surface area contributed by atoms with Crippen molar-refractivity contribution in [3.05, 3.63) is 27.7 Å². The topological polar surface area (TPSA) is 12.9 Å². The maximum Gasteiger partial charge on any atom is 0.160 e. The van der Waals surface area contributed by atoms with E-state index < -0.39 is 0 Å². The minimum Gasteiger partial charge on any atom is -0.229 e. The number of thiazole rings is 1. The monoisotopic (exact) mass is 269 g/mol. The fraction of sp³-hybridized carbons (Fsp3) is 0.364. The Morgan fingerprint density at radius 2 is 2.00 bits per heavy atom. The Balaban J connectivity index is 2.62. The highest BCUT2D eigenvalue weighted by Crippen LogP contribution is 2.30. The van der Waals surface area contributed by atoms with Crippen LogP contribution in [0.15, 0.2) is 22.1 Å². The summed E-state index contributed by atoms with van der Waals surface area (Å²) in [5.74, 6) is 0. The molecule has 0 N–H and O–H groups in total. The van der Waals surface area contributed by atoms with Crippen LogP contribution in [0.25, 0.3) is 10.2 Å². The zero-order valence-electron chi connectivity index (χ0n) is 8.47. The molecule has 0 fully saturated rings. The Bertz CT molecular complexity index is 468. The number of hydrogen-bond acceptors (Lipinski definition) is 2. The van der Waals surface area contributed by atoms with Gasteiger partial charge in [-0.05, 0) is 39.0 Å². The molecule has 2 rings (SSSR count). The van der Waals surface area contributed by atoms with Crippen LogP contribution in [0.2, 0.25) is 0 Å². The minimum atomic E-state index is 0.199. The van der Waals surface area contributed by atoms with Gasteiger partial charge in [0.05, 0.1) is 10.2 Å². The number of fused-ring (bicyclic) bond motifs is 1. The molecule has 0 atom stereocenters. The predicted molar refractivity (Wildman–Crippen MR) is 66.0 cm³/mol. The number of halogens is 1. The third-order valence-corrected chi connectivity index (χ3v) is 3.72. The van der Waals surface area contributed by atoms with Gasteiger partial charge in [0, 0.05) is 0 Å². The van der Waals surface area contributed by atoms with Crippen molar-refractivity contribution in [2.24, 2.45) is 0 Å². The van der Waals surface area contributed by atoms with Crippen LogP contribution in [0.1, 0.15) is 26.3 Å². The minimum absolute atomic E-state index is 0.199. The summed E-state index contributed by atoms with van der Waals surface area (Å²) in [6.45, 7) is 6.65. The lowest BCUT2D eigenvalue weighted by molar-refractivity contribution is 0.591. The van der Waals surface area contributed by atoms with Gasteiger partial charge >= 0.3 is 0 Å². The van der Waals surface area contributed by atoms with Crippen molar-refractivity contribution in [1.29, 1.82) is 0 Å². The first-order valence-corrected chi connectivity index (χ1v) is 6.14. The summed E-state index contributed by atoms with van der Waals surface area (Å²) < 4.78 is 2.20. The first-order valence-electron chi connectivity index (χ1n) is 4.53. The molecule has 3 heteroatoms. The molecule has 0 spiro atoms. The Morgan fingerprint density at radius 3 is 2.64 bits per heavy atom. The average molecular weight is 270 g/mol. The highest BCUT2D eigenvalue weighted by Gasteiger charge is 2.14. The van der Waals surface area contributed by atoms with Gasteiger partial charge in [0.1, 0.15) is 0 Å². The maximum atomic E-state index is 4.42. The van der Waals surface area contributed by atoms with Crippen LogP contribution in [0.5, 0.6) is 0 Å². The summed E-state index contributed by atoms with van der Waals surface area (Å²) in [5.41, 5.74) is 2.63. The van der Waals surface area contributed by atoms with E-state index in [2.05, 4.69) is 59.9 Å². The lowest BCUT2D eigenvalue weighted by atomic mass is 9.87. The van der Waals surface area contributed by atoms with Gasteiger partial charge in [-0.25, -0.2) is 4.98 Å². The van der Waals surface area contributed by atoms with Gasteiger partial charge in [0.2, 0.25) is 0 Å². The van der Waals surface area contributed by atoms with Crippen molar-refractivity contribution in [3.63, 3.8) is 0 Å².